The molecule has 0 amide bonds. The molecule has 0 radical (unpaired) electrons. The van der Waals surface area contributed by atoms with Crippen molar-refractivity contribution in [3.8, 4) is 44.8 Å². The second-order valence-corrected chi connectivity index (χ2v) is 13.4. The number of nitrogens with zero attached hydrogens (tertiary/aromatic N) is 6. The van der Waals surface area contributed by atoms with Crippen LogP contribution in [0.1, 0.15) is 33.8 Å². The van der Waals surface area contributed by atoms with Gasteiger partial charge in [-0.25, -0.2) is 28.6 Å². The van der Waals surface area contributed by atoms with Gasteiger partial charge >= 0.3 is 11.9 Å². The number of ether oxygens (including phenoxy) is 2. The average Bonchev–Trinajstić information content (AvgIpc) is 4.04. The Balaban J connectivity index is 0.000000153. The highest BCUT2D eigenvalue weighted by atomic mass is 35.5. The molecule has 0 atom stereocenters. The van der Waals surface area contributed by atoms with Gasteiger partial charge in [-0.3, -0.25) is 0 Å². The summed E-state index contributed by atoms with van der Waals surface area (Å²) < 4.78 is 13.0. The fourth-order valence-corrected chi connectivity index (χ4v) is 6.37. The van der Waals surface area contributed by atoms with E-state index >= 15 is 0 Å². The monoisotopic (exact) mass is 784 g/mol. The zero-order valence-corrected chi connectivity index (χ0v) is 31.6. The van der Waals surface area contributed by atoms with E-state index in [2.05, 4.69) is 20.2 Å². The lowest BCUT2D eigenvalue weighted by atomic mass is 10.0. The number of benzene rings is 4. The Bertz CT molecular complexity index is 2600. The number of hydrogen-bond donors (Lipinski definition) is 1. The van der Waals surface area contributed by atoms with Gasteiger partial charge in [0.2, 0.25) is 0 Å². The van der Waals surface area contributed by atoms with Crippen LogP contribution in [0.25, 0.3) is 56.1 Å². The molecule has 56 heavy (non-hydrogen) atoms. The van der Waals surface area contributed by atoms with Crippen LogP contribution in [0, 0.1) is 0 Å². The molecule has 8 aromatic rings. The number of hydrogen-bond acceptors (Lipinski definition) is 8. The summed E-state index contributed by atoms with van der Waals surface area (Å²) >= 11 is 12.1. The topological polar surface area (TPSA) is 133 Å². The molecule has 9 rings (SSSR count). The predicted molar refractivity (Wildman–Crippen MR) is 216 cm³/mol. The summed E-state index contributed by atoms with van der Waals surface area (Å²) in [6, 6.07) is 37.6. The van der Waals surface area contributed by atoms with Gasteiger partial charge < -0.3 is 14.6 Å². The molecule has 13 heteroatoms. The Morgan fingerprint density at radius 1 is 0.625 bits per heavy atom. The predicted octanol–water partition coefficient (Wildman–Crippen LogP) is 9.71. The van der Waals surface area contributed by atoms with E-state index in [0.717, 1.165) is 58.0 Å². The molecule has 0 bridgehead atoms. The van der Waals surface area contributed by atoms with Crippen LogP contribution in [-0.4, -0.2) is 66.6 Å². The Morgan fingerprint density at radius 2 is 1.05 bits per heavy atom. The fourth-order valence-electron chi connectivity index (χ4n) is 6.12. The smallest absolute Gasteiger partial charge is 0.358 e. The number of esters is 1. The van der Waals surface area contributed by atoms with E-state index in [1.54, 1.807) is 39.6 Å². The Labute approximate surface area is 331 Å². The van der Waals surface area contributed by atoms with Crippen molar-refractivity contribution >= 4 is 46.4 Å². The normalized spacial score (nSPS) is 12.1. The lowest BCUT2D eigenvalue weighted by molar-refractivity contribution is 0.0592. The van der Waals surface area contributed by atoms with Gasteiger partial charge in [0.15, 0.2) is 22.7 Å². The molecule has 280 valence electrons. The summed E-state index contributed by atoms with van der Waals surface area (Å²) in [5.41, 5.74) is 8.31. The molecular formula is C43H34Cl2N6O5. The zero-order valence-electron chi connectivity index (χ0n) is 30.0. The maximum atomic E-state index is 11.9. The Kier molecular flexibility index (Phi) is 11.8. The lowest BCUT2D eigenvalue weighted by Gasteiger charge is -2.12. The van der Waals surface area contributed by atoms with E-state index in [0.29, 0.717) is 21.3 Å². The molecule has 1 saturated heterocycles. The summed E-state index contributed by atoms with van der Waals surface area (Å²) in [5, 5.41) is 19.2. The van der Waals surface area contributed by atoms with Crippen LogP contribution in [0.3, 0.4) is 0 Å². The number of carbonyl (C=O) groups is 2. The summed E-state index contributed by atoms with van der Waals surface area (Å²) in [6.45, 7) is 2.00. The number of rotatable bonds is 6. The van der Waals surface area contributed by atoms with Gasteiger partial charge in [0.25, 0.3) is 0 Å². The van der Waals surface area contributed by atoms with Gasteiger partial charge in [0.1, 0.15) is 0 Å². The highest BCUT2D eigenvalue weighted by molar-refractivity contribution is 6.31. The first-order valence-electron chi connectivity index (χ1n) is 17.6. The summed E-state index contributed by atoms with van der Waals surface area (Å²) in [6.07, 6.45) is 6.08. The fraction of sp³-hybridized carbons (Fsp3) is 0.116. The van der Waals surface area contributed by atoms with Gasteiger partial charge in [-0.2, -0.15) is 10.2 Å². The van der Waals surface area contributed by atoms with Gasteiger partial charge in [0.05, 0.1) is 18.5 Å². The van der Waals surface area contributed by atoms with Gasteiger partial charge in [-0.05, 0) is 48.2 Å². The SMILES string of the molecule is C1CCOC1.COC(=O)c1cc2ncc(-c3ccccc3)c(-c3ccc(Cl)cc3)n2n1.O=C(O)c1cc2ncc(-c3ccccc3)c(-c3ccc(Cl)cc3)n2n1. The third-order valence-corrected chi connectivity index (χ3v) is 9.32. The molecule has 0 saturated carbocycles. The lowest BCUT2D eigenvalue weighted by Crippen LogP contribution is -2.04. The summed E-state index contributed by atoms with van der Waals surface area (Å²) in [4.78, 5) is 32.0. The first-order chi connectivity index (χ1) is 27.3. The minimum Gasteiger partial charge on any atom is -0.476 e. The van der Waals surface area contributed by atoms with Gasteiger partial charge in [-0.1, -0.05) is 108 Å². The largest absolute Gasteiger partial charge is 0.476 e. The first kappa shape index (κ1) is 37.9. The van der Waals surface area contributed by atoms with Crippen molar-refractivity contribution in [3.05, 3.63) is 155 Å². The molecule has 1 aliphatic heterocycles. The van der Waals surface area contributed by atoms with Crippen LogP contribution in [0.2, 0.25) is 10.0 Å². The Hall–Kier alpha value is -6.40. The van der Waals surface area contributed by atoms with E-state index in [9.17, 15) is 14.7 Å². The molecule has 4 aromatic carbocycles. The summed E-state index contributed by atoms with van der Waals surface area (Å²) in [5.74, 6) is -1.59. The van der Waals surface area contributed by atoms with Crippen LogP contribution in [-0.2, 0) is 9.47 Å². The Morgan fingerprint density at radius 3 is 1.45 bits per heavy atom. The minimum atomic E-state index is -1.09. The maximum Gasteiger partial charge on any atom is 0.358 e. The first-order valence-corrected chi connectivity index (χ1v) is 18.4. The quantitative estimate of drug-likeness (QED) is 0.164. The van der Waals surface area contributed by atoms with Gasteiger partial charge in [-0.15, -0.1) is 0 Å². The summed E-state index contributed by atoms with van der Waals surface area (Å²) in [7, 11) is 1.33. The van der Waals surface area contributed by atoms with E-state index < -0.39 is 11.9 Å². The average molecular weight is 786 g/mol. The molecule has 4 aromatic heterocycles. The van der Waals surface area contributed by atoms with Gasteiger partial charge in [0, 0.05) is 70.0 Å². The van der Waals surface area contributed by atoms with Crippen molar-refractivity contribution in [1.82, 2.24) is 29.2 Å². The number of aromatic nitrogens is 6. The van der Waals surface area contributed by atoms with Crippen molar-refractivity contribution in [2.45, 2.75) is 12.8 Å². The molecule has 11 nitrogen and oxygen atoms in total. The number of fused-ring (bicyclic) bond motifs is 2. The van der Waals surface area contributed by atoms with Crippen molar-refractivity contribution in [2.24, 2.45) is 0 Å². The number of carboxylic acids is 1. The van der Waals surface area contributed by atoms with Crippen molar-refractivity contribution in [2.75, 3.05) is 20.3 Å². The molecule has 1 fully saturated rings. The molecule has 5 heterocycles. The second-order valence-electron chi connectivity index (χ2n) is 12.5. The zero-order chi connectivity index (χ0) is 39.0. The molecule has 0 aliphatic carbocycles. The van der Waals surface area contributed by atoms with Crippen LogP contribution in [0.15, 0.2) is 134 Å². The maximum absolute atomic E-state index is 11.9. The van der Waals surface area contributed by atoms with Crippen molar-refractivity contribution in [3.63, 3.8) is 0 Å². The van der Waals surface area contributed by atoms with Crippen LogP contribution >= 0.6 is 23.2 Å². The second kappa shape index (κ2) is 17.4. The number of aromatic carboxylic acids is 1. The van der Waals surface area contributed by atoms with E-state index in [-0.39, 0.29) is 11.4 Å². The van der Waals surface area contributed by atoms with E-state index in [1.807, 2.05) is 97.1 Å². The third-order valence-electron chi connectivity index (χ3n) is 8.81. The van der Waals surface area contributed by atoms with Crippen molar-refractivity contribution in [1.29, 1.82) is 0 Å². The van der Waals surface area contributed by atoms with Crippen molar-refractivity contribution < 1.29 is 24.2 Å². The van der Waals surface area contributed by atoms with Crippen LogP contribution < -0.4 is 0 Å². The molecule has 0 unspecified atom stereocenters. The number of halogens is 2. The highest BCUT2D eigenvalue weighted by Crippen LogP contribution is 2.34. The standard InChI is InChI=1S/C20H14ClN3O2.C19H12ClN3O2.C4H8O/c1-26-20(25)17-11-18-22-12-16(13-5-3-2-4-6-13)19(24(18)23-17)14-7-9-15(21)10-8-14;20-14-8-6-13(7-9-14)18-15(12-4-2-1-3-5-12)11-21-17-10-16(19(24)25)22-23(17)18;1-2-4-5-3-1/h2-12H,1H3;1-11H,(H,24,25);1-4H2. The molecule has 1 N–H and O–H groups in total. The number of carboxylic acid groups (broad SMARTS) is 1. The van der Waals surface area contributed by atoms with E-state index in [4.69, 9.17) is 32.7 Å². The third kappa shape index (κ3) is 8.45. The molecule has 0 spiro atoms. The molecule has 1 aliphatic rings. The van der Waals surface area contributed by atoms with Crippen LogP contribution in [0.4, 0.5) is 0 Å². The molecular weight excluding hydrogens is 751 g/mol. The van der Waals surface area contributed by atoms with Crippen LogP contribution in [0.5, 0.6) is 0 Å². The number of methoxy groups -OCH3 is 1. The van der Waals surface area contributed by atoms with E-state index in [1.165, 1.54) is 26.0 Å². The highest BCUT2D eigenvalue weighted by Gasteiger charge is 2.19. The number of carbonyl (C=O) groups excluding carboxylic acids is 1. The minimum absolute atomic E-state index is 0.0482.